The maximum Gasteiger partial charge on any atom is 0.303 e. The van der Waals surface area contributed by atoms with E-state index >= 15 is 0 Å². The Morgan fingerprint density at radius 2 is 1.77 bits per heavy atom. The van der Waals surface area contributed by atoms with E-state index in [9.17, 15) is 14.4 Å². The van der Waals surface area contributed by atoms with Crippen LogP contribution in [0.15, 0.2) is 12.7 Å². The van der Waals surface area contributed by atoms with Crippen LogP contribution in [0.1, 0.15) is 33.6 Å². The molecule has 7 nitrogen and oxygen atoms in total. The molecule has 0 aromatic rings. The fraction of sp³-hybridized carbons (Fsp3) is 0.667. The number of esters is 3. The summed E-state index contributed by atoms with van der Waals surface area (Å²) < 4.78 is 21.2. The van der Waals surface area contributed by atoms with E-state index in [1.807, 2.05) is 0 Å². The summed E-state index contributed by atoms with van der Waals surface area (Å²) in [4.78, 5) is 33.6. The second-order valence-corrected chi connectivity index (χ2v) is 5.08. The second kappa shape index (κ2) is 8.53. The molecule has 0 bridgehead atoms. The SMILES string of the molecule is C=CC[C@@H]1C[C@@H](OC(C)=O)[C@H](OC(C)=O)[C@@H](COC(C)=O)O1. The maximum atomic E-state index is 11.3. The third-order valence-electron chi connectivity index (χ3n) is 3.10. The lowest BCUT2D eigenvalue weighted by Crippen LogP contribution is -2.53. The van der Waals surface area contributed by atoms with Crippen LogP contribution < -0.4 is 0 Å². The van der Waals surface area contributed by atoms with Gasteiger partial charge in [-0.1, -0.05) is 6.08 Å². The molecule has 0 N–H and O–H groups in total. The van der Waals surface area contributed by atoms with Gasteiger partial charge in [0.15, 0.2) is 6.10 Å². The number of carbonyl (C=O) groups excluding carboxylic acids is 3. The van der Waals surface area contributed by atoms with Crippen LogP contribution in [0.3, 0.4) is 0 Å². The van der Waals surface area contributed by atoms with Gasteiger partial charge in [0.25, 0.3) is 0 Å². The Hall–Kier alpha value is -1.89. The van der Waals surface area contributed by atoms with Crippen LogP contribution in [0, 0.1) is 0 Å². The predicted molar refractivity (Wildman–Crippen MR) is 75.8 cm³/mol. The molecule has 4 atom stereocenters. The van der Waals surface area contributed by atoms with Crippen molar-refractivity contribution in [3.05, 3.63) is 12.7 Å². The summed E-state index contributed by atoms with van der Waals surface area (Å²) in [6.07, 6.45) is 0.179. The number of ether oxygens (including phenoxy) is 4. The Balaban J connectivity index is 2.91. The van der Waals surface area contributed by atoms with Crippen molar-refractivity contribution in [3.63, 3.8) is 0 Å². The summed E-state index contributed by atoms with van der Waals surface area (Å²) in [5.74, 6) is -1.48. The van der Waals surface area contributed by atoms with Gasteiger partial charge in [-0.3, -0.25) is 14.4 Å². The van der Waals surface area contributed by atoms with Gasteiger partial charge in [-0.2, -0.15) is 0 Å². The average molecular weight is 314 g/mol. The largest absolute Gasteiger partial charge is 0.463 e. The Kier molecular flexibility index (Phi) is 7.04. The fourth-order valence-corrected chi connectivity index (χ4v) is 2.36. The van der Waals surface area contributed by atoms with E-state index in [0.717, 1.165) is 0 Å². The molecule has 0 radical (unpaired) electrons. The molecule has 0 amide bonds. The number of carbonyl (C=O) groups is 3. The molecule has 1 heterocycles. The molecule has 7 heteroatoms. The van der Waals surface area contributed by atoms with E-state index in [1.54, 1.807) is 6.08 Å². The highest BCUT2D eigenvalue weighted by Crippen LogP contribution is 2.28. The van der Waals surface area contributed by atoms with Crippen molar-refractivity contribution >= 4 is 17.9 Å². The van der Waals surface area contributed by atoms with Crippen molar-refractivity contribution in [1.29, 1.82) is 0 Å². The highest BCUT2D eigenvalue weighted by Gasteiger charge is 2.43. The molecule has 1 fully saturated rings. The zero-order chi connectivity index (χ0) is 16.7. The Bertz CT molecular complexity index is 432. The Morgan fingerprint density at radius 3 is 2.27 bits per heavy atom. The molecule has 0 spiro atoms. The second-order valence-electron chi connectivity index (χ2n) is 5.08. The first kappa shape index (κ1) is 18.2. The highest BCUT2D eigenvalue weighted by molar-refractivity contribution is 5.67. The van der Waals surface area contributed by atoms with Crippen molar-refractivity contribution in [1.82, 2.24) is 0 Å². The summed E-state index contributed by atoms with van der Waals surface area (Å²) >= 11 is 0. The average Bonchev–Trinajstić information content (AvgIpc) is 2.38. The first-order valence-corrected chi connectivity index (χ1v) is 7.07. The summed E-state index contributed by atoms with van der Waals surface area (Å²) in [6, 6.07) is 0. The van der Waals surface area contributed by atoms with Crippen molar-refractivity contribution in [2.45, 2.75) is 58.0 Å². The minimum Gasteiger partial charge on any atom is -0.463 e. The standard InChI is InChI=1S/C15H22O7/c1-5-6-12-7-13(20-10(3)17)15(21-11(4)18)14(22-12)8-19-9(2)16/h5,12-15H,1,6-8H2,2-4H3/t12-,13-,14-,15+/m1/s1. The van der Waals surface area contributed by atoms with Crippen LogP contribution in [0.2, 0.25) is 0 Å². The molecule has 22 heavy (non-hydrogen) atoms. The molecule has 0 aromatic carbocycles. The third kappa shape index (κ3) is 5.85. The van der Waals surface area contributed by atoms with Crippen LogP contribution in [0.4, 0.5) is 0 Å². The lowest BCUT2D eigenvalue weighted by molar-refractivity contribution is -0.214. The Labute approximate surface area is 129 Å². The van der Waals surface area contributed by atoms with Gasteiger partial charge in [-0.15, -0.1) is 6.58 Å². The quantitative estimate of drug-likeness (QED) is 0.413. The molecule has 0 unspecified atom stereocenters. The van der Waals surface area contributed by atoms with Crippen LogP contribution in [0.25, 0.3) is 0 Å². The maximum absolute atomic E-state index is 11.3. The van der Waals surface area contributed by atoms with Crippen LogP contribution in [-0.4, -0.2) is 48.9 Å². The molecule has 0 saturated carbocycles. The zero-order valence-corrected chi connectivity index (χ0v) is 13.1. The van der Waals surface area contributed by atoms with E-state index in [1.165, 1.54) is 20.8 Å². The molecule has 1 aliphatic rings. The van der Waals surface area contributed by atoms with Gasteiger partial charge in [-0.05, 0) is 6.42 Å². The van der Waals surface area contributed by atoms with Crippen molar-refractivity contribution in [2.75, 3.05) is 6.61 Å². The lowest BCUT2D eigenvalue weighted by atomic mass is 9.96. The summed E-state index contributed by atoms with van der Waals surface area (Å²) in [5, 5.41) is 0. The van der Waals surface area contributed by atoms with E-state index in [-0.39, 0.29) is 12.7 Å². The van der Waals surface area contributed by atoms with Gasteiger partial charge < -0.3 is 18.9 Å². The number of hydrogen-bond acceptors (Lipinski definition) is 7. The Morgan fingerprint density at radius 1 is 1.14 bits per heavy atom. The highest BCUT2D eigenvalue weighted by atomic mass is 16.6. The molecular formula is C15H22O7. The minimum absolute atomic E-state index is 0.0846. The third-order valence-corrected chi connectivity index (χ3v) is 3.10. The zero-order valence-electron chi connectivity index (χ0n) is 13.1. The molecule has 0 aliphatic carbocycles. The molecule has 1 rings (SSSR count). The minimum atomic E-state index is -0.818. The van der Waals surface area contributed by atoms with Crippen LogP contribution >= 0.6 is 0 Å². The van der Waals surface area contributed by atoms with E-state index in [0.29, 0.717) is 12.8 Å². The smallest absolute Gasteiger partial charge is 0.303 e. The van der Waals surface area contributed by atoms with Crippen molar-refractivity contribution in [3.8, 4) is 0 Å². The lowest BCUT2D eigenvalue weighted by Gasteiger charge is -2.40. The monoisotopic (exact) mass is 314 g/mol. The number of rotatable bonds is 6. The van der Waals surface area contributed by atoms with Gasteiger partial charge in [0.1, 0.15) is 18.8 Å². The topological polar surface area (TPSA) is 88.1 Å². The van der Waals surface area contributed by atoms with Gasteiger partial charge in [0.2, 0.25) is 0 Å². The molecule has 1 aliphatic heterocycles. The van der Waals surface area contributed by atoms with Crippen molar-refractivity contribution < 1.29 is 33.3 Å². The molecular weight excluding hydrogens is 292 g/mol. The predicted octanol–water partition coefficient (Wildman–Crippen LogP) is 1.15. The molecule has 1 saturated heterocycles. The normalized spacial score (nSPS) is 27.6. The van der Waals surface area contributed by atoms with Crippen LogP contribution in [0.5, 0.6) is 0 Å². The summed E-state index contributed by atoms with van der Waals surface area (Å²) in [5.41, 5.74) is 0. The van der Waals surface area contributed by atoms with E-state index in [2.05, 4.69) is 6.58 Å². The van der Waals surface area contributed by atoms with Crippen molar-refractivity contribution in [2.24, 2.45) is 0 Å². The van der Waals surface area contributed by atoms with Gasteiger partial charge in [0, 0.05) is 27.2 Å². The molecule has 0 aromatic heterocycles. The summed E-state index contributed by atoms with van der Waals surface area (Å²) in [6.45, 7) is 7.37. The van der Waals surface area contributed by atoms with Gasteiger partial charge in [0.05, 0.1) is 6.10 Å². The van der Waals surface area contributed by atoms with E-state index in [4.69, 9.17) is 18.9 Å². The number of hydrogen-bond donors (Lipinski definition) is 0. The van der Waals surface area contributed by atoms with Gasteiger partial charge in [-0.25, -0.2) is 0 Å². The first-order valence-electron chi connectivity index (χ1n) is 7.07. The first-order chi connectivity index (χ1) is 10.3. The summed E-state index contributed by atoms with van der Waals surface area (Å²) in [7, 11) is 0. The van der Waals surface area contributed by atoms with Crippen LogP contribution in [-0.2, 0) is 33.3 Å². The molecule has 124 valence electrons. The van der Waals surface area contributed by atoms with E-state index < -0.39 is 36.2 Å². The fourth-order valence-electron chi connectivity index (χ4n) is 2.36. The van der Waals surface area contributed by atoms with Gasteiger partial charge >= 0.3 is 17.9 Å².